The molecule has 0 unspecified atom stereocenters. The smallest absolute Gasteiger partial charge is 0.123 e. The first-order valence-electron chi connectivity index (χ1n) is 9.62. The maximum absolute atomic E-state index is 6.34. The van der Waals surface area contributed by atoms with Crippen molar-refractivity contribution in [2.45, 2.75) is 13.5 Å². The van der Waals surface area contributed by atoms with Crippen LogP contribution in [0, 0.1) is 6.92 Å². The van der Waals surface area contributed by atoms with Crippen LogP contribution in [-0.4, -0.2) is 50.1 Å². The highest BCUT2D eigenvalue weighted by atomic mass is 16.5. The Hall–Kier alpha value is -2.54. The van der Waals surface area contributed by atoms with Crippen molar-refractivity contribution in [3.8, 4) is 5.75 Å². The molecular formula is C22H31N5O. The van der Waals surface area contributed by atoms with Crippen molar-refractivity contribution < 1.29 is 4.74 Å². The molecule has 6 heteroatoms. The Balaban J connectivity index is 1.72. The molecule has 0 saturated carbocycles. The van der Waals surface area contributed by atoms with E-state index in [4.69, 9.17) is 16.3 Å². The van der Waals surface area contributed by atoms with Crippen molar-refractivity contribution in [2.75, 3.05) is 45.3 Å². The highest BCUT2D eigenvalue weighted by Gasteiger charge is 2.14. The van der Waals surface area contributed by atoms with E-state index in [-0.39, 0.29) is 0 Å². The largest absolute Gasteiger partial charge is 0.496 e. The molecular weight excluding hydrogens is 350 g/mol. The summed E-state index contributed by atoms with van der Waals surface area (Å²) in [5.74, 6) is 7.02. The van der Waals surface area contributed by atoms with Gasteiger partial charge in [0.05, 0.1) is 18.5 Å². The van der Waals surface area contributed by atoms with Crippen LogP contribution in [0.3, 0.4) is 0 Å². The van der Waals surface area contributed by atoms with Crippen LogP contribution in [0.25, 0.3) is 5.70 Å². The number of likely N-dealkylation sites (N-methyl/N-ethyl adjacent to an activating group) is 1. The predicted octanol–water partition coefficient (Wildman–Crippen LogP) is 2.39. The maximum Gasteiger partial charge on any atom is 0.123 e. The van der Waals surface area contributed by atoms with Gasteiger partial charge in [-0.1, -0.05) is 24.3 Å². The maximum atomic E-state index is 6.34. The summed E-state index contributed by atoms with van der Waals surface area (Å²) < 4.78 is 5.38. The molecule has 0 amide bonds. The molecule has 0 atom stereocenters. The lowest BCUT2D eigenvalue weighted by Crippen LogP contribution is -2.43. The second kappa shape index (κ2) is 9.10. The fraction of sp³-hybridized carbons (Fsp3) is 0.364. The minimum atomic E-state index is 0.627. The summed E-state index contributed by atoms with van der Waals surface area (Å²) in [5, 5.41) is 1.53. The molecule has 6 nitrogen and oxygen atoms in total. The third-order valence-electron chi connectivity index (χ3n) is 5.23. The van der Waals surface area contributed by atoms with Gasteiger partial charge in [-0.25, -0.2) is 5.84 Å². The van der Waals surface area contributed by atoms with Crippen molar-refractivity contribution in [1.82, 2.24) is 9.80 Å². The molecule has 1 aliphatic rings. The molecule has 0 bridgehead atoms. The first kappa shape index (κ1) is 20.2. The molecule has 0 aromatic heterocycles. The number of aryl methyl sites for hydroxylation is 1. The second-order valence-electron chi connectivity index (χ2n) is 7.43. The minimum Gasteiger partial charge on any atom is -0.496 e. The zero-order valence-electron chi connectivity index (χ0n) is 17.1. The highest BCUT2D eigenvalue weighted by Crippen LogP contribution is 2.24. The Morgan fingerprint density at radius 3 is 2.61 bits per heavy atom. The van der Waals surface area contributed by atoms with Crippen LogP contribution >= 0.6 is 0 Å². The van der Waals surface area contributed by atoms with Gasteiger partial charge in [-0.2, -0.15) is 0 Å². The van der Waals surface area contributed by atoms with E-state index in [1.807, 2.05) is 31.2 Å². The molecule has 0 aliphatic carbocycles. The lowest BCUT2D eigenvalue weighted by atomic mass is 10.1. The van der Waals surface area contributed by atoms with Crippen molar-refractivity contribution in [2.24, 2.45) is 11.6 Å². The van der Waals surface area contributed by atoms with Crippen molar-refractivity contribution in [3.05, 3.63) is 65.4 Å². The summed E-state index contributed by atoms with van der Waals surface area (Å²) in [6, 6.07) is 14.2. The lowest BCUT2D eigenvalue weighted by Gasteiger charge is -2.32. The van der Waals surface area contributed by atoms with Gasteiger partial charge in [0, 0.05) is 45.0 Å². The summed E-state index contributed by atoms with van der Waals surface area (Å²) in [6.07, 6.45) is 1.75. The zero-order chi connectivity index (χ0) is 20.1. The van der Waals surface area contributed by atoms with E-state index in [0.29, 0.717) is 5.70 Å². The van der Waals surface area contributed by atoms with Crippen molar-refractivity contribution in [3.63, 3.8) is 0 Å². The van der Waals surface area contributed by atoms with Crippen molar-refractivity contribution in [1.29, 1.82) is 0 Å². The molecule has 3 rings (SSSR count). The van der Waals surface area contributed by atoms with Crippen LogP contribution in [0.2, 0.25) is 0 Å². The van der Waals surface area contributed by atoms with E-state index in [9.17, 15) is 0 Å². The third-order valence-corrected chi connectivity index (χ3v) is 5.23. The first-order valence-corrected chi connectivity index (χ1v) is 9.62. The average molecular weight is 382 g/mol. The molecule has 28 heavy (non-hydrogen) atoms. The Morgan fingerprint density at radius 1 is 1.14 bits per heavy atom. The van der Waals surface area contributed by atoms with Gasteiger partial charge in [-0.3, -0.25) is 9.91 Å². The molecule has 1 fully saturated rings. The van der Waals surface area contributed by atoms with Crippen molar-refractivity contribution >= 4 is 11.4 Å². The molecule has 0 radical (unpaired) electrons. The number of nitrogens with two attached hydrogens (primary N) is 2. The lowest BCUT2D eigenvalue weighted by molar-refractivity contribution is 0.148. The van der Waals surface area contributed by atoms with Gasteiger partial charge >= 0.3 is 0 Å². The molecule has 2 aromatic carbocycles. The molecule has 2 aromatic rings. The van der Waals surface area contributed by atoms with Gasteiger partial charge in [-0.15, -0.1) is 0 Å². The van der Waals surface area contributed by atoms with Crippen LogP contribution in [0.1, 0.15) is 16.7 Å². The quantitative estimate of drug-likeness (QED) is 0.591. The van der Waals surface area contributed by atoms with E-state index < -0.39 is 0 Å². The minimum absolute atomic E-state index is 0.627. The Bertz CT molecular complexity index is 827. The number of methoxy groups -OCH3 is 1. The highest BCUT2D eigenvalue weighted by molar-refractivity contribution is 5.67. The third kappa shape index (κ3) is 5.04. The summed E-state index contributed by atoms with van der Waals surface area (Å²) in [6.45, 7) is 7.36. The van der Waals surface area contributed by atoms with Gasteiger partial charge in [0.25, 0.3) is 0 Å². The normalized spacial score (nSPS) is 16.2. The number of piperazine rings is 1. The number of benzene rings is 2. The second-order valence-corrected chi connectivity index (χ2v) is 7.43. The summed E-state index contributed by atoms with van der Waals surface area (Å²) in [4.78, 5) is 4.84. The summed E-state index contributed by atoms with van der Waals surface area (Å²) >= 11 is 0. The standard InChI is InChI=1S/C22H31N5O/c1-17-7-8-20(14-22(17)28-3)27(24)16-21(23)19-6-4-5-18(13-19)15-26-11-9-25(2)10-12-26/h4-8,13-14,16H,9-12,15,23-24H2,1-3H3/b21-16-. The van der Waals surface area contributed by atoms with Gasteiger partial charge in [-0.05, 0) is 42.8 Å². The molecule has 0 spiro atoms. The van der Waals surface area contributed by atoms with Gasteiger partial charge in [0.1, 0.15) is 5.75 Å². The Labute approximate surface area is 167 Å². The fourth-order valence-electron chi connectivity index (χ4n) is 3.38. The number of nitrogens with zero attached hydrogens (tertiary/aromatic N) is 3. The molecule has 150 valence electrons. The van der Waals surface area contributed by atoms with E-state index in [0.717, 1.165) is 55.3 Å². The van der Waals surface area contributed by atoms with E-state index >= 15 is 0 Å². The van der Waals surface area contributed by atoms with Gasteiger partial charge < -0.3 is 15.4 Å². The number of hydrazine groups is 1. The van der Waals surface area contributed by atoms with Crippen LogP contribution in [0.4, 0.5) is 5.69 Å². The van der Waals surface area contributed by atoms with Gasteiger partial charge in [0.15, 0.2) is 0 Å². The van der Waals surface area contributed by atoms with E-state index in [2.05, 4.69) is 35.0 Å². The fourth-order valence-corrected chi connectivity index (χ4v) is 3.38. The van der Waals surface area contributed by atoms with Gasteiger partial charge in [0.2, 0.25) is 0 Å². The van der Waals surface area contributed by atoms with Crippen LogP contribution in [0.5, 0.6) is 5.75 Å². The first-order chi connectivity index (χ1) is 13.5. The van der Waals surface area contributed by atoms with E-state index in [1.165, 1.54) is 10.6 Å². The number of ether oxygens (including phenoxy) is 1. The number of rotatable bonds is 6. The SMILES string of the molecule is COc1cc(N(N)/C=C(\N)c2cccc(CN3CCN(C)CC3)c2)ccc1C. The summed E-state index contributed by atoms with van der Waals surface area (Å²) in [5.41, 5.74) is 11.1. The molecule has 1 aliphatic heterocycles. The predicted molar refractivity (Wildman–Crippen MR) is 116 cm³/mol. The number of anilines is 1. The zero-order valence-corrected chi connectivity index (χ0v) is 17.1. The van der Waals surface area contributed by atoms with Crippen LogP contribution in [-0.2, 0) is 6.54 Å². The van der Waals surface area contributed by atoms with Crippen LogP contribution < -0.4 is 21.3 Å². The van der Waals surface area contributed by atoms with E-state index in [1.54, 1.807) is 13.3 Å². The molecule has 4 N–H and O–H groups in total. The Kier molecular flexibility index (Phi) is 6.57. The number of hydrogen-bond acceptors (Lipinski definition) is 6. The number of hydrogen-bond donors (Lipinski definition) is 2. The topological polar surface area (TPSA) is 71.0 Å². The monoisotopic (exact) mass is 381 g/mol. The average Bonchev–Trinajstić information content (AvgIpc) is 2.70. The Morgan fingerprint density at radius 2 is 1.89 bits per heavy atom. The van der Waals surface area contributed by atoms with Crippen LogP contribution in [0.15, 0.2) is 48.7 Å². The summed E-state index contributed by atoms with van der Waals surface area (Å²) in [7, 11) is 3.83. The molecule has 1 saturated heterocycles. The molecule has 1 heterocycles.